The Morgan fingerprint density at radius 2 is 1.97 bits per heavy atom. The smallest absolute Gasteiger partial charge is 0.191 e. The Balaban J connectivity index is 0.00000320. The van der Waals surface area contributed by atoms with E-state index in [2.05, 4.69) is 56.6 Å². The van der Waals surface area contributed by atoms with Crippen LogP contribution >= 0.6 is 24.0 Å². The number of aliphatic imine (C=N–C) groups is 1. The second-order valence-corrected chi connectivity index (χ2v) is 7.64. The summed E-state index contributed by atoms with van der Waals surface area (Å²) in [6.07, 6.45) is 6.03. The Labute approximate surface area is 197 Å². The first-order valence-corrected chi connectivity index (χ1v) is 10.8. The van der Waals surface area contributed by atoms with Crippen molar-refractivity contribution in [2.45, 2.75) is 58.7 Å². The van der Waals surface area contributed by atoms with E-state index in [1.54, 1.807) is 0 Å². The molecule has 2 aromatic heterocycles. The van der Waals surface area contributed by atoms with Gasteiger partial charge in [0.1, 0.15) is 0 Å². The van der Waals surface area contributed by atoms with Gasteiger partial charge in [0, 0.05) is 63.8 Å². The van der Waals surface area contributed by atoms with Crippen LogP contribution in [0, 0.1) is 0 Å². The van der Waals surface area contributed by atoms with Crippen LogP contribution in [0.2, 0.25) is 0 Å². The molecule has 166 valence electrons. The highest BCUT2D eigenvalue weighted by Gasteiger charge is 2.21. The molecule has 2 N–H and O–H groups in total. The average Bonchev–Trinajstić information content (AvgIpc) is 3.07. The van der Waals surface area contributed by atoms with E-state index in [0.717, 1.165) is 63.5 Å². The van der Waals surface area contributed by atoms with Gasteiger partial charge in [0.25, 0.3) is 0 Å². The van der Waals surface area contributed by atoms with E-state index in [0.29, 0.717) is 6.04 Å². The number of aromatic nitrogens is 3. The molecule has 3 heterocycles. The van der Waals surface area contributed by atoms with Crippen molar-refractivity contribution >= 4 is 29.9 Å². The zero-order valence-corrected chi connectivity index (χ0v) is 21.0. The van der Waals surface area contributed by atoms with Crippen LogP contribution in [0.5, 0.6) is 0 Å². The van der Waals surface area contributed by atoms with Crippen LogP contribution < -0.4 is 10.6 Å². The fourth-order valence-corrected chi connectivity index (χ4v) is 4.11. The van der Waals surface area contributed by atoms with Crippen LogP contribution in [0.4, 0.5) is 0 Å². The standard InChI is InChI=1S/C22H35N7.HI/c1-5-20-19(21(6-2)28(4)27-20)15-25-22(23-3)26-17-10-13-29(14-11-17)16-18-9-7-8-12-24-18;/h7-9,12,17H,5-6,10-11,13-16H2,1-4H3,(H2,23,25,26);1H. The first kappa shape index (κ1) is 24.6. The van der Waals surface area contributed by atoms with E-state index in [1.807, 2.05) is 31.0 Å². The van der Waals surface area contributed by atoms with Gasteiger partial charge in [-0.1, -0.05) is 19.9 Å². The number of nitrogens with zero attached hydrogens (tertiary/aromatic N) is 5. The summed E-state index contributed by atoms with van der Waals surface area (Å²) in [6.45, 7) is 8.20. The van der Waals surface area contributed by atoms with Gasteiger partial charge in [-0.3, -0.25) is 19.6 Å². The molecule has 1 aliphatic heterocycles. The molecule has 0 spiro atoms. The molecule has 3 rings (SSSR count). The van der Waals surface area contributed by atoms with Crippen molar-refractivity contribution in [2.24, 2.45) is 12.0 Å². The molecule has 0 atom stereocenters. The second-order valence-electron chi connectivity index (χ2n) is 7.64. The predicted octanol–water partition coefficient (Wildman–Crippen LogP) is 2.89. The number of nitrogens with one attached hydrogen (secondary N) is 2. The van der Waals surface area contributed by atoms with Gasteiger partial charge < -0.3 is 10.6 Å². The molecule has 0 radical (unpaired) electrons. The normalized spacial score (nSPS) is 15.7. The molecule has 30 heavy (non-hydrogen) atoms. The van der Waals surface area contributed by atoms with Crippen molar-refractivity contribution in [2.75, 3.05) is 20.1 Å². The van der Waals surface area contributed by atoms with Gasteiger partial charge in [0.05, 0.1) is 11.4 Å². The number of piperidine rings is 1. The maximum absolute atomic E-state index is 4.67. The van der Waals surface area contributed by atoms with E-state index < -0.39 is 0 Å². The molecule has 0 saturated carbocycles. The summed E-state index contributed by atoms with van der Waals surface area (Å²) >= 11 is 0. The molecular formula is C22H36IN7. The zero-order valence-electron chi connectivity index (χ0n) is 18.7. The maximum atomic E-state index is 4.67. The first-order chi connectivity index (χ1) is 14.1. The number of hydrogen-bond donors (Lipinski definition) is 2. The highest BCUT2D eigenvalue weighted by Crippen LogP contribution is 2.16. The largest absolute Gasteiger partial charge is 0.354 e. The van der Waals surface area contributed by atoms with Gasteiger partial charge in [-0.25, -0.2) is 0 Å². The summed E-state index contributed by atoms with van der Waals surface area (Å²) in [7, 11) is 3.88. The molecule has 0 aliphatic carbocycles. The third kappa shape index (κ3) is 6.41. The van der Waals surface area contributed by atoms with Crippen LogP contribution in [-0.2, 0) is 33.0 Å². The van der Waals surface area contributed by atoms with Gasteiger partial charge in [-0.05, 0) is 37.8 Å². The van der Waals surface area contributed by atoms with Crippen LogP contribution in [-0.4, -0.2) is 51.8 Å². The Morgan fingerprint density at radius 3 is 2.57 bits per heavy atom. The third-order valence-corrected chi connectivity index (χ3v) is 5.72. The summed E-state index contributed by atoms with van der Waals surface area (Å²) in [5.74, 6) is 0.876. The molecule has 1 saturated heterocycles. The van der Waals surface area contributed by atoms with Crippen LogP contribution in [0.3, 0.4) is 0 Å². The average molecular weight is 525 g/mol. The van der Waals surface area contributed by atoms with Crippen LogP contribution in [0.1, 0.15) is 49.3 Å². The van der Waals surface area contributed by atoms with Crippen LogP contribution in [0.25, 0.3) is 0 Å². The quantitative estimate of drug-likeness (QED) is 0.331. The molecule has 0 unspecified atom stereocenters. The summed E-state index contributed by atoms with van der Waals surface area (Å²) < 4.78 is 2.02. The van der Waals surface area contributed by atoms with E-state index in [1.165, 1.54) is 17.0 Å². The number of likely N-dealkylation sites (tertiary alicyclic amines) is 1. The summed E-state index contributed by atoms with van der Waals surface area (Å²) in [5, 5.41) is 11.8. The Morgan fingerprint density at radius 1 is 1.20 bits per heavy atom. The number of hydrogen-bond acceptors (Lipinski definition) is 4. The third-order valence-electron chi connectivity index (χ3n) is 5.72. The van der Waals surface area contributed by atoms with Gasteiger partial charge in [-0.2, -0.15) is 5.10 Å². The molecule has 2 aromatic rings. The van der Waals surface area contributed by atoms with E-state index >= 15 is 0 Å². The summed E-state index contributed by atoms with van der Waals surface area (Å²) in [4.78, 5) is 11.4. The molecule has 0 bridgehead atoms. The molecule has 8 heteroatoms. The van der Waals surface area contributed by atoms with Gasteiger partial charge >= 0.3 is 0 Å². The SMILES string of the molecule is CCc1nn(C)c(CC)c1CNC(=NC)NC1CCN(Cc2ccccn2)CC1.I. The van der Waals surface area contributed by atoms with Crippen molar-refractivity contribution in [1.29, 1.82) is 0 Å². The highest BCUT2D eigenvalue weighted by atomic mass is 127. The van der Waals surface area contributed by atoms with E-state index in [9.17, 15) is 0 Å². The number of halogens is 1. The monoisotopic (exact) mass is 525 g/mol. The van der Waals surface area contributed by atoms with Gasteiger partial charge in [0.2, 0.25) is 0 Å². The predicted molar refractivity (Wildman–Crippen MR) is 133 cm³/mol. The topological polar surface area (TPSA) is 70.4 Å². The highest BCUT2D eigenvalue weighted by molar-refractivity contribution is 14.0. The van der Waals surface area contributed by atoms with Crippen molar-refractivity contribution in [3.63, 3.8) is 0 Å². The van der Waals surface area contributed by atoms with Crippen molar-refractivity contribution in [3.8, 4) is 0 Å². The second kappa shape index (κ2) is 12.2. The van der Waals surface area contributed by atoms with Crippen molar-refractivity contribution < 1.29 is 0 Å². The lowest BCUT2D eigenvalue weighted by molar-refractivity contribution is 0.196. The molecular weight excluding hydrogens is 489 g/mol. The number of pyridine rings is 1. The Bertz CT molecular complexity index is 795. The molecule has 1 fully saturated rings. The Hall–Kier alpha value is -1.68. The number of aryl methyl sites for hydroxylation is 2. The van der Waals surface area contributed by atoms with E-state index in [4.69, 9.17) is 0 Å². The fraction of sp³-hybridized carbons (Fsp3) is 0.591. The van der Waals surface area contributed by atoms with E-state index in [-0.39, 0.29) is 24.0 Å². The number of guanidine groups is 1. The lowest BCUT2D eigenvalue weighted by Gasteiger charge is -2.32. The van der Waals surface area contributed by atoms with Crippen molar-refractivity contribution in [3.05, 3.63) is 47.0 Å². The minimum absolute atomic E-state index is 0. The molecule has 7 nitrogen and oxygen atoms in total. The summed E-state index contributed by atoms with van der Waals surface area (Å²) in [6, 6.07) is 6.58. The van der Waals surface area contributed by atoms with Crippen molar-refractivity contribution in [1.82, 2.24) is 30.3 Å². The molecule has 0 amide bonds. The molecule has 0 aromatic carbocycles. The summed E-state index contributed by atoms with van der Waals surface area (Å²) in [5.41, 5.74) is 4.93. The number of rotatable bonds is 7. The minimum atomic E-state index is 0. The molecule has 1 aliphatic rings. The minimum Gasteiger partial charge on any atom is -0.354 e. The first-order valence-electron chi connectivity index (χ1n) is 10.8. The Kier molecular flexibility index (Phi) is 10.0. The lowest BCUT2D eigenvalue weighted by Crippen LogP contribution is -2.48. The zero-order chi connectivity index (χ0) is 20.6. The van der Waals surface area contributed by atoms with Crippen LogP contribution in [0.15, 0.2) is 29.4 Å². The fourth-order valence-electron chi connectivity index (χ4n) is 4.11. The lowest BCUT2D eigenvalue weighted by atomic mass is 10.0. The maximum Gasteiger partial charge on any atom is 0.191 e. The van der Waals surface area contributed by atoms with Gasteiger partial charge in [0.15, 0.2) is 5.96 Å². The van der Waals surface area contributed by atoms with Gasteiger partial charge in [-0.15, -0.1) is 24.0 Å².